The highest BCUT2D eigenvalue weighted by Crippen LogP contribution is 2.38. The fraction of sp³-hybridized carbons (Fsp3) is 0.353. The second kappa shape index (κ2) is 4.65. The predicted octanol–water partition coefficient (Wildman–Crippen LogP) is 2.82. The molecular weight excluding hydrogens is 262 g/mol. The Morgan fingerprint density at radius 3 is 2.81 bits per heavy atom. The summed E-state index contributed by atoms with van der Waals surface area (Å²) in [6.45, 7) is 2.67. The van der Waals surface area contributed by atoms with Crippen molar-refractivity contribution in [2.24, 2.45) is 4.99 Å². The van der Waals surface area contributed by atoms with E-state index >= 15 is 0 Å². The molecule has 106 valence electrons. The molecule has 0 amide bonds. The Hall–Kier alpha value is -2.23. The van der Waals surface area contributed by atoms with Crippen molar-refractivity contribution < 1.29 is 4.74 Å². The summed E-state index contributed by atoms with van der Waals surface area (Å²) in [5.41, 5.74) is 5.10. The Kier molecular flexibility index (Phi) is 2.77. The van der Waals surface area contributed by atoms with Crippen molar-refractivity contribution in [2.45, 2.75) is 31.7 Å². The van der Waals surface area contributed by atoms with Gasteiger partial charge in [0.15, 0.2) is 5.90 Å². The fourth-order valence-electron chi connectivity index (χ4n) is 3.46. The zero-order valence-corrected chi connectivity index (χ0v) is 12.0. The third-order valence-corrected chi connectivity index (χ3v) is 4.45. The number of nitrogens with zero attached hydrogens (tertiary/aromatic N) is 3. The van der Waals surface area contributed by atoms with E-state index in [0.29, 0.717) is 0 Å². The molecule has 0 bridgehead atoms. The molecule has 0 N–H and O–H groups in total. The maximum Gasteiger partial charge on any atom is 0.180 e. The lowest BCUT2D eigenvalue weighted by molar-refractivity contribution is 0.236. The lowest BCUT2D eigenvalue weighted by Crippen LogP contribution is -2.35. The maximum atomic E-state index is 5.61. The monoisotopic (exact) mass is 279 g/mol. The molecule has 4 rings (SSSR count). The largest absolute Gasteiger partial charge is 0.479 e. The molecule has 1 aromatic carbocycles. The van der Waals surface area contributed by atoms with Crippen LogP contribution in [0.5, 0.6) is 0 Å². The van der Waals surface area contributed by atoms with Crippen molar-refractivity contribution in [3.8, 4) is 11.1 Å². The third-order valence-electron chi connectivity index (χ3n) is 4.45. The molecule has 2 aromatic rings. The van der Waals surface area contributed by atoms with Crippen LogP contribution in [0.25, 0.3) is 11.1 Å². The molecule has 1 atom stereocenters. The van der Waals surface area contributed by atoms with Gasteiger partial charge in [0.1, 0.15) is 18.5 Å². The first-order valence-corrected chi connectivity index (χ1v) is 7.31. The molecule has 0 unspecified atom stereocenters. The fourth-order valence-corrected chi connectivity index (χ4v) is 3.46. The van der Waals surface area contributed by atoms with Gasteiger partial charge in [-0.05, 0) is 29.5 Å². The quantitative estimate of drug-likeness (QED) is 0.806. The molecule has 21 heavy (non-hydrogen) atoms. The van der Waals surface area contributed by atoms with Gasteiger partial charge in [0.2, 0.25) is 0 Å². The van der Waals surface area contributed by atoms with E-state index in [2.05, 4.69) is 28.2 Å². The van der Waals surface area contributed by atoms with E-state index in [1.54, 1.807) is 6.33 Å². The Bertz CT molecular complexity index is 711. The minimum absolute atomic E-state index is 0.0388. The summed E-state index contributed by atoms with van der Waals surface area (Å²) in [6.07, 6.45) is 8.37. The summed E-state index contributed by atoms with van der Waals surface area (Å²) in [6, 6.07) is 6.49. The number of benzene rings is 1. The number of hydrogen-bond acceptors (Lipinski definition) is 4. The number of ether oxygens (including phenoxy) is 1. The van der Waals surface area contributed by atoms with Gasteiger partial charge in [-0.25, -0.2) is 15.0 Å². The Morgan fingerprint density at radius 2 is 2.05 bits per heavy atom. The molecule has 1 aliphatic carbocycles. The molecule has 2 heterocycles. The smallest absolute Gasteiger partial charge is 0.180 e. The van der Waals surface area contributed by atoms with Crippen molar-refractivity contribution >= 4 is 5.90 Å². The van der Waals surface area contributed by atoms with E-state index in [-0.39, 0.29) is 5.54 Å². The summed E-state index contributed by atoms with van der Waals surface area (Å²) in [4.78, 5) is 13.0. The van der Waals surface area contributed by atoms with Crippen molar-refractivity contribution in [3.63, 3.8) is 0 Å². The van der Waals surface area contributed by atoms with Crippen LogP contribution in [0.15, 0.2) is 41.9 Å². The Balaban J connectivity index is 1.75. The number of aliphatic imine (C=N–C) groups is 1. The van der Waals surface area contributed by atoms with Crippen molar-refractivity contribution in [1.82, 2.24) is 9.97 Å². The summed E-state index contributed by atoms with van der Waals surface area (Å²) in [5.74, 6) is 0.825. The van der Waals surface area contributed by atoms with Gasteiger partial charge in [-0.2, -0.15) is 0 Å². The van der Waals surface area contributed by atoms with Gasteiger partial charge in [0.25, 0.3) is 0 Å². The second-order valence-electron chi connectivity index (χ2n) is 5.89. The van der Waals surface area contributed by atoms with Gasteiger partial charge in [0, 0.05) is 31.3 Å². The molecular formula is C17H17N3O. The van der Waals surface area contributed by atoms with Crippen molar-refractivity contribution in [3.05, 3.63) is 48.0 Å². The van der Waals surface area contributed by atoms with Gasteiger partial charge in [-0.15, -0.1) is 0 Å². The molecule has 1 aliphatic heterocycles. The van der Waals surface area contributed by atoms with E-state index < -0.39 is 0 Å². The summed E-state index contributed by atoms with van der Waals surface area (Å²) in [7, 11) is 0. The molecule has 1 spiro atoms. The highest BCUT2D eigenvalue weighted by Gasteiger charge is 2.39. The lowest BCUT2D eigenvalue weighted by Gasteiger charge is -2.31. The van der Waals surface area contributed by atoms with Crippen LogP contribution in [-0.2, 0) is 17.6 Å². The topological polar surface area (TPSA) is 47.4 Å². The number of aromatic nitrogens is 2. The molecule has 0 fully saturated rings. The van der Waals surface area contributed by atoms with Gasteiger partial charge in [0.05, 0.1) is 0 Å². The first kappa shape index (κ1) is 12.5. The average Bonchev–Trinajstić information content (AvgIpc) is 2.88. The first-order valence-electron chi connectivity index (χ1n) is 7.31. The highest BCUT2D eigenvalue weighted by molar-refractivity contribution is 5.76. The molecule has 0 saturated heterocycles. The SMILES string of the molecule is CC1=N[C@]2(CCc3c(cccc3-c3cncnc3)C2)CO1. The number of fused-ring (bicyclic) bond motifs is 1. The summed E-state index contributed by atoms with van der Waals surface area (Å²) < 4.78 is 5.61. The van der Waals surface area contributed by atoms with Crippen LogP contribution in [0.4, 0.5) is 0 Å². The van der Waals surface area contributed by atoms with Crippen LogP contribution in [0.1, 0.15) is 24.5 Å². The highest BCUT2D eigenvalue weighted by atomic mass is 16.5. The normalized spacial score (nSPS) is 23.6. The first-order chi connectivity index (χ1) is 10.3. The van der Waals surface area contributed by atoms with Gasteiger partial charge >= 0.3 is 0 Å². The van der Waals surface area contributed by atoms with Gasteiger partial charge < -0.3 is 4.74 Å². The third kappa shape index (κ3) is 2.11. The second-order valence-corrected chi connectivity index (χ2v) is 5.89. The zero-order chi connectivity index (χ0) is 14.3. The van der Waals surface area contributed by atoms with Crippen LogP contribution in [0.2, 0.25) is 0 Å². The summed E-state index contributed by atoms with van der Waals surface area (Å²) in [5, 5.41) is 0. The van der Waals surface area contributed by atoms with Crippen molar-refractivity contribution in [2.75, 3.05) is 6.61 Å². The predicted molar refractivity (Wildman–Crippen MR) is 81.3 cm³/mol. The molecule has 2 aliphatic rings. The van der Waals surface area contributed by atoms with Crippen LogP contribution in [-0.4, -0.2) is 28.0 Å². The zero-order valence-electron chi connectivity index (χ0n) is 12.0. The van der Waals surface area contributed by atoms with E-state index in [9.17, 15) is 0 Å². The van der Waals surface area contributed by atoms with E-state index in [4.69, 9.17) is 9.73 Å². The van der Waals surface area contributed by atoms with Crippen LogP contribution < -0.4 is 0 Å². The van der Waals surface area contributed by atoms with Gasteiger partial charge in [-0.3, -0.25) is 0 Å². The number of hydrogen-bond donors (Lipinski definition) is 0. The summed E-state index contributed by atoms with van der Waals surface area (Å²) >= 11 is 0. The van der Waals surface area contributed by atoms with E-state index in [0.717, 1.165) is 37.3 Å². The molecule has 1 aromatic heterocycles. The molecule has 0 saturated carbocycles. The minimum Gasteiger partial charge on any atom is -0.479 e. The number of rotatable bonds is 1. The maximum absolute atomic E-state index is 5.61. The molecule has 4 heteroatoms. The lowest BCUT2D eigenvalue weighted by atomic mass is 9.77. The Labute approximate surface area is 123 Å². The van der Waals surface area contributed by atoms with Crippen LogP contribution in [0.3, 0.4) is 0 Å². The van der Waals surface area contributed by atoms with Crippen molar-refractivity contribution in [1.29, 1.82) is 0 Å². The average molecular weight is 279 g/mol. The van der Waals surface area contributed by atoms with E-state index in [1.807, 2.05) is 19.3 Å². The van der Waals surface area contributed by atoms with Crippen LogP contribution >= 0.6 is 0 Å². The van der Waals surface area contributed by atoms with Crippen LogP contribution in [0, 0.1) is 0 Å². The standard InChI is InChI=1S/C17H17N3O/c1-12-20-17(10-21-12)6-5-16-13(7-17)3-2-4-15(16)14-8-18-11-19-9-14/h2-4,8-9,11H,5-7,10H2,1H3/t17-/m0/s1. The minimum atomic E-state index is -0.0388. The Morgan fingerprint density at radius 1 is 1.19 bits per heavy atom. The van der Waals surface area contributed by atoms with Gasteiger partial charge in [-0.1, -0.05) is 18.2 Å². The van der Waals surface area contributed by atoms with E-state index in [1.165, 1.54) is 16.7 Å². The molecule has 4 nitrogen and oxygen atoms in total. The molecule has 0 radical (unpaired) electrons.